The Bertz CT molecular complexity index is 237. The first-order chi connectivity index (χ1) is 6.83. The predicted molar refractivity (Wildman–Crippen MR) is 52.0 cm³/mol. The average Bonchev–Trinajstić information content (AvgIpc) is 3.04. The number of epoxide rings is 2. The summed E-state index contributed by atoms with van der Waals surface area (Å²) in [6.45, 7) is 2.11. The Hall–Kier alpha value is -0.0800. The van der Waals surface area contributed by atoms with Crippen LogP contribution in [0, 0.1) is 11.8 Å². The summed E-state index contributed by atoms with van der Waals surface area (Å²) in [5, 5.41) is 0. The van der Waals surface area contributed by atoms with Crippen molar-refractivity contribution < 1.29 is 9.47 Å². The molecule has 78 valence electrons. The van der Waals surface area contributed by atoms with Crippen LogP contribution in [0.5, 0.6) is 0 Å². The molecule has 2 aliphatic heterocycles. The molecule has 14 heavy (non-hydrogen) atoms. The molecule has 2 heterocycles. The van der Waals surface area contributed by atoms with Crippen LogP contribution >= 0.6 is 0 Å². The van der Waals surface area contributed by atoms with Gasteiger partial charge in [-0.15, -0.1) is 0 Å². The van der Waals surface area contributed by atoms with Crippen molar-refractivity contribution in [3.8, 4) is 0 Å². The van der Waals surface area contributed by atoms with E-state index in [9.17, 15) is 0 Å². The van der Waals surface area contributed by atoms with Crippen molar-refractivity contribution in [1.82, 2.24) is 0 Å². The Morgan fingerprint density at radius 1 is 0.714 bits per heavy atom. The van der Waals surface area contributed by atoms with E-state index in [0.29, 0.717) is 11.2 Å². The van der Waals surface area contributed by atoms with E-state index in [-0.39, 0.29) is 0 Å². The molecule has 2 bridgehead atoms. The van der Waals surface area contributed by atoms with Crippen molar-refractivity contribution >= 4 is 0 Å². The maximum atomic E-state index is 5.75. The normalized spacial score (nSPS) is 60.0. The molecule has 2 heteroatoms. The largest absolute Gasteiger partial charge is 0.369 e. The fourth-order valence-electron chi connectivity index (χ4n) is 3.93. The Balaban J connectivity index is 1.66. The third-order valence-electron chi connectivity index (χ3n) is 5.21. The van der Waals surface area contributed by atoms with Crippen molar-refractivity contribution in [2.75, 3.05) is 13.2 Å². The van der Waals surface area contributed by atoms with Crippen molar-refractivity contribution in [2.24, 2.45) is 11.8 Å². The van der Waals surface area contributed by atoms with Gasteiger partial charge in [-0.2, -0.15) is 0 Å². The second-order valence-corrected chi connectivity index (χ2v) is 5.76. The summed E-state index contributed by atoms with van der Waals surface area (Å²) in [5.41, 5.74) is 0.705. The first kappa shape index (κ1) is 8.12. The van der Waals surface area contributed by atoms with Gasteiger partial charge in [0.25, 0.3) is 0 Å². The summed E-state index contributed by atoms with van der Waals surface area (Å²) in [5.74, 6) is 1.71. The van der Waals surface area contributed by atoms with E-state index in [0.717, 1.165) is 25.0 Å². The Kier molecular flexibility index (Phi) is 1.37. The van der Waals surface area contributed by atoms with Gasteiger partial charge in [-0.1, -0.05) is 0 Å². The molecule has 2 spiro atoms. The number of hydrogen-bond acceptors (Lipinski definition) is 2. The van der Waals surface area contributed by atoms with Gasteiger partial charge in [-0.25, -0.2) is 0 Å². The first-order valence-electron chi connectivity index (χ1n) is 6.11. The van der Waals surface area contributed by atoms with Gasteiger partial charge < -0.3 is 9.47 Å². The van der Waals surface area contributed by atoms with E-state index in [4.69, 9.17) is 9.47 Å². The lowest BCUT2D eigenvalue weighted by Crippen LogP contribution is -2.29. The zero-order valence-corrected chi connectivity index (χ0v) is 8.63. The molecule has 0 aromatic carbocycles. The highest BCUT2D eigenvalue weighted by Crippen LogP contribution is 2.57. The molecular formula is C12H18O2. The molecule has 0 unspecified atom stereocenters. The van der Waals surface area contributed by atoms with Crippen LogP contribution in [0.1, 0.15) is 38.5 Å². The lowest BCUT2D eigenvalue weighted by Gasteiger charge is -2.26. The van der Waals surface area contributed by atoms with Crippen LogP contribution in [-0.2, 0) is 9.47 Å². The van der Waals surface area contributed by atoms with Crippen molar-refractivity contribution in [2.45, 2.75) is 49.7 Å². The lowest BCUT2D eigenvalue weighted by atomic mass is 9.79. The van der Waals surface area contributed by atoms with Crippen LogP contribution in [0.3, 0.4) is 0 Å². The summed E-state index contributed by atoms with van der Waals surface area (Å²) >= 11 is 0. The van der Waals surface area contributed by atoms with Crippen LogP contribution in [0.4, 0.5) is 0 Å². The Morgan fingerprint density at radius 2 is 1.14 bits per heavy atom. The zero-order valence-electron chi connectivity index (χ0n) is 8.63. The second kappa shape index (κ2) is 2.35. The van der Waals surface area contributed by atoms with Gasteiger partial charge in [0.2, 0.25) is 0 Å². The molecule has 2 aliphatic carbocycles. The molecule has 0 amide bonds. The van der Waals surface area contributed by atoms with E-state index < -0.39 is 0 Å². The average molecular weight is 194 g/mol. The fourth-order valence-corrected chi connectivity index (χ4v) is 3.93. The van der Waals surface area contributed by atoms with Crippen molar-refractivity contribution in [3.05, 3.63) is 0 Å². The minimum Gasteiger partial charge on any atom is -0.369 e. The molecule has 2 saturated carbocycles. The maximum absolute atomic E-state index is 5.75. The van der Waals surface area contributed by atoms with Crippen LogP contribution in [0.25, 0.3) is 0 Å². The third-order valence-corrected chi connectivity index (χ3v) is 5.21. The third kappa shape index (κ3) is 0.938. The quantitative estimate of drug-likeness (QED) is 0.552. The molecule has 2 nitrogen and oxygen atoms in total. The predicted octanol–water partition coefficient (Wildman–Crippen LogP) is 2.12. The standard InChI is InChI=1S/C12H18O2/c1-2-10-4-6-11(7-13-11)9(1)3-5-12(10)8-14-12/h9-10H,1-8H2/t9-,10-,11-,12-/m0/s1. The summed E-state index contributed by atoms with van der Waals surface area (Å²) in [6, 6.07) is 0. The molecule has 4 fully saturated rings. The van der Waals surface area contributed by atoms with Gasteiger partial charge >= 0.3 is 0 Å². The molecule has 4 aliphatic rings. The highest BCUT2D eigenvalue weighted by atomic mass is 16.6. The Morgan fingerprint density at radius 3 is 1.50 bits per heavy atom. The lowest BCUT2D eigenvalue weighted by molar-refractivity contribution is 0.144. The molecule has 0 radical (unpaired) electrons. The zero-order chi connectivity index (χ0) is 9.23. The van der Waals surface area contributed by atoms with Gasteiger partial charge in [0.1, 0.15) is 0 Å². The van der Waals surface area contributed by atoms with Crippen molar-refractivity contribution in [3.63, 3.8) is 0 Å². The Labute approximate surface area is 85.0 Å². The molecule has 0 aromatic rings. The minimum atomic E-state index is 0.352. The van der Waals surface area contributed by atoms with Crippen molar-refractivity contribution in [1.29, 1.82) is 0 Å². The van der Waals surface area contributed by atoms with Gasteiger partial charge in [0, 0.05) is 0 Å². The summed E-state index contributed by atoms with van der Waals surface area (Å²) < 4.78 is 11.5. The van der Waals surface area contributed by atoms with E-state index in [1.807, 2.05) is 0 Å². The van der Waals surface area contributed by atoms with E-state index in [2.05, 4.69) is 0 Å². The van der Waals surface area contributed by atoms with Gasteiger partial charge in [0.05, 0.1) is 24.4 Å². The molecule has 0 aromatic heterocycles. The van der Waals surface area contributed by atoms with Gasteiger partial charge in [-0.3, -0.25) is 0 Å². The number of ether oxygens (including phenoxy) is 2. The van der Waals surface area contributed by atoms with E-state index >= 15 is 0 Å². The summed E-state index contributed by atoms with van der Waals surface area (Å²) in [6.07, 6.45) is 8.14. The molecule has 2 saturated heterocycles. The van der Waals surface area contributed by atoms with Crippen LogP contribution < -0.4 is 0 Å². The number of fused-ring (bicyclic) bond motifs is 5. The SMILES string of the molecule is C1C[C@H]2CC[C@]3(CO3)[C@@H]1CC[C@]21CO1. The summed E-state index contributed by atoms with van der Waals surface area (Å²) in [7, 11) is 0. The summed E-state index contributed by atoms with van der Waals surface area (Å²) in [4.78, 5) is 0. The fraction of sp³-hybridized carbons (Fsp3) is 1.00. The highest BCUT2D eigenvalue weighted by molar-refractivity contribution is 5.09. The van der Waals surface area contributed by atoms with Crippen LogP contribution in [0.2, 0.25) is 0 Å². The monoisotopic (exact) mass is 194 g/mol. The van der Waals surface area contributed by atoms with E-state index in [1.165, 1.54) is 38.5 Å². The number of rotatable bonds is 0. The molecular weight excluding hydrogens is 176 g/mol. The van der Waals surface area contributed by atoms with Crippen LogP contribution in [0.15, 0.2) is 0 Å². The van der Waals surface area contributed by atoms with Crippen LogP contribution in [-0.4, -0.2) is 24.4 Å². The van der Waals surface area contributed by atoms with Gasteiger partial charge in [0.15, 0.2) is 0 Å². The molecule has 4 atom stereocenters. The highest BCUT2D eigenvalue weighted by Gasteiger charge is 2.60. The first-order valence-corrected chi connectivity index (χ1v) is 6.11. The topological polar surface area (TPSA) is 25.1 Å². The maximum Gasteiger partial charge on any atom is 0.0944 e. The molecule has 4 rings (SSSR count). The number of hydrogen-bond donors (Lipinski definition) is 0. The second-order valence-electron chi connectivity index (χ2n) is 5.76. The van der Waals surface area contributed by atoms with Gasteiger partial charge in [-0.05, 0) is 50.4 Å². The smallest absolute Gasteiger partial charge is 0.0944 e. The molecule has 0 N–H and O–H groups in total. The van der Waals surface area contributed by atoms with E-state index in [1.54, 1.807) is 0 Å². The minimum absolute atomic E-state index is 0.352.